The lowest BCUT2D eigenvalue weighted by Crippen LogP contribution is -2.16. The summed E-state index contributed by atoms with van der Waals surface area (Å²) in [5, 5.41) is 5.85. The molecule has 0 atom stereocenters. The highest BCUT2D eigenvalue weighted by Crippen LogP contribution is 2.23. The smallest absolute Gasteiger partial charge is 0.251 e. The van der Waals surface area contributed by atoms with Gasteiger partial charge >= 0.3 is 0 Å². The van der Waals surface area contributed by atoms with E-state index in [2.05, 4.69) is 10.6 Å². The van der Waals surface area contributed by atoms with Crippen molar-refractivity contribution < 1.29 is 14.3 Å². The number of para-hydroxylation sites is 2. The predicted molar refractivity (Wildman–Crippen MR) is 70.3 cm³/mol. The molecule has 2 amide bonds. The van der Waals surface area contributed by atoms with E-state index in [1.54, 1.807) is 18.2 Å². The second kappa shape index (κ2) is 5.59. The van der Waals surface area contributed by atoms with Gasteiger partial charge in [-0.1, -0.05) is 23.9 Å². The molecular formula is C12H12N2O3S. The minimum absolute atomic E-state index is 0.0867. The van der Waals surface area contributed by atoms with Crippen LogP contribution in [0.4, 0.5) is 5.69 Å². The maximum Gasteiger partial charge on any atom is 0.251 e. The van der Waals surface area contributed by atoms with Gasteiger partial charge in [0.1, 0.15) is 5.75 Å². The Labute approximate surface area is 109 Å². The van der Waals surface area contributed by atoms with Crippen LogP contribution in [0.25, 0.3) is 0 Å². The fourth-order valence-corrected chi connectivity index (χ4v) is 2.20. The molecule has 2 rings (SSSR count). The van der Waals surface area contributed by atoms with Crippen LogP contribution in [0, 0.1) is 0 Å². The average molecular weight is 264 g/mol. The number of ether oxygens (including phenoxy) is 1. The first-order valence-corrected chi connectivity index (χ1v) is 6.26. The summed E-state index contributed by atoms with van der Waals surface area (Å²) < 4.78 is 5.12. The molecule has 1 aliphatic heterocycles. The normalized spacial score (nSPS) is 16.5. The number of carbonyl (C=O) groups excluding carboxylic acids is 2. The maximum atomic E-state index is 11.7. The van der Waals surface area contributed by atoms with Crippen LogP contribution in [0.3, 0.4) is 0 Å². The van der Waals surface area contributed by atoms with E-state index in [1.165, 1.54) is 24.9 Å². The molecule has 1 fully saturated rings. The van der Waals surface area contributed by atoms with Crippen LogP contribution in [0.1, 0.15) is 0 Å². The van der Waals surface area contributed by atoms with Crippen LogP contribution in [0.5, 0.6) is 5.75 Å². The van der Waals surface area contributed by atoms with Gasteiger partial charge in [0.05, 0.1) is 23.6 Å². The molecule has 1 saturated heterocycles. The maximum absolute atomic E-state index is 11.7. The Hall–Kier alpha value is -1.95. The van der Waals surface area contributed by atoms with Crippen molar-refractivity contribution >= 4 is 29.3 Å². The number of amides is 2. The lowest BCUT2D eigenvalue weighted by molar-refractivity contribution is -0.117. The van der Waals surface area contributed by atoms with Gasteiger partial charge in [-0.15, -0.1) is 0 Å². The van der Waals surface area contributed by atoms with Crippen LogP contribution in [-0.4, -0.2) is 24.7 Å². The summed E-state index contributed by atoms with van der Waals surface area (Å²) in [5.41, 5.74) is 0.594. The highest BCUT2D eigenvalue weighted by molar-refractivity contribution is 8.04. The molecule has 0 bridgehead atoms. The van der Waals surface area contributed by atoms with E-state index in [9.17, 15) is 9.59 Å². The Morgan fingerprint density at radius 1 is 1.50 bits per heavy atom. The number of nitrogens with one attached hydrogen (secondary N) is 2. The van der Waals surface area contributed by atoms with E-state index in [-0.39, 0.29) is 11.8 Å². The summed E-state index contributed by atoms with van der Waals surface area (Å²) in [6, 6.07) is 7.13. The van der Waals surface area contributed by atoms with E-state index < -0.39 is 0 Å². The van der Waals surface area contributed by atoms with E-state index in [1.807, 2.05) is 6.07 Å². The first-order valence-electron chi connectivity index (χ1n) is 5.27. The molecule has 0 spiro atoms. The first-order chi connectivity index (χ1) is 8.69. The van der Waals surface area contributed by atoms with Crippen LogP contribution < -0.4 is 15.4 Å². The molecule has 18 heavy (non-hydrogen) atoms. The molecular weight excluding hydrogens is 252 g/mol. The summed E-state index contributed by atoms with van der Waals surface area (Å²) in [4.78, 5) is 22.7. The van der Waals surface area contributed by atoms with Gasteiger partial charge in [0.25, 0.3) is 5.91 Å². The standard InChI is InChI=1S/C12H12N2O3S/c1-17-9-5-3-2-4-8(9)13-10(15)6-12-14-11(16)7-18-12/h2-6H,7H2,1H3,(H,13,15)(H,14,16). The largest absolute Gasteiger partial charge is 0.495 e. The fraction of sp³-hybridized carbons (Fsp3) is 0.167. The molecule has 0 aliphatic carbocycles. The van der Waals surface area contributed by atoms with E-state index >= 15 is 0 Å². The molecule has 1 aromatic carbocycles. The monoisotopic (exact) mass is 264 g/mol. The zero-order valence-corrected chi connectivity index (χ0v) is 10.5. The van der Waals surface area contributed by atoms with Gasteiger partial charge < -0.3 is 15.4 Å². The third kappa shape index (κ3) is 3.04. The first kappa shape index (κ1) is 12.5. The van der Waals surface area contributed by atoms with Gasteiger partial charge in [-0.2, -0.15) is 0 Å². The van der Waals surface area contributed by atoms with Gasteiger partial charge in [0.15, 0.2) is 0 Å². The van der Waals surface area contributed by atoms with Crippen LogP contribution in [-0.2, 0) is 9.59 Å². The van der Waals surface area contributed by atoms with Gasteiger partial charge in [-0.3, -0.25) is 9.59 Å². The quantitative estimate of drug-likeness (QED) is 0.808. The number of hydrogen-bond acceptors (Lipinski definition) is 4. The summed E-state index contributed by atoms with van der Waals surface area (Å²) in [7, 11) is 1.54. The predicted octanol–water partition coefficient (Wildman–Crippen LogP) is 1.34. The number of anilines is 1. The third-order valence-corrected chi connectivity index (χ3v) is 3.19. The van der Waals surface area contributed by atoms with E-state index in [0.717, 1.165) is 0 Å². The van der Waals surface area contributed by atoms with E-state index in [4.69, 9.17) is 4.74 Å². The average Bonchev–Trinajstić information content (AvgIpc) is 2.75. The number of thioether (sulfide) groups is 1. The van der Waals surface area contributed by atoms with Crippen molar-refractivity contribution in [2.45, 2.75) is 0 Å². The number of rotatable bonds is 3. The molecule has 1 aliphatic rings. The minimum atomic E-state index is -0.302. The van der Waals surface area contributed by atoms with Crippen molar-refractivity contribution in [3.05, 3.63) is 35.4 Å². The Morgan fingerprint density at radius 2 is 2.28 bits per heavy atom. The highest BCUT2D eigenvalue weighted by Gasteiger charge is 2.16. The lowest BCUT2D eigenvalue weighted by atomic mass is 10.3. The van der Waals surface area contributed by atoms with Gasteiger partial charge in [-0.25, -0.2) is 0 Å². The highest BCUT2D eigenvalue weighted by atomic mass is 32.2. The summed E-state index contributed by atoms with van der Waals surface area (Å²) >= 11 is 1.31. The summed E-state index contributed by atoms with van der Waals surface area (Å²) in [6.45, 7) is 0. The van der Waals surface area contributed by atoms with E-state index in [0.29, 0.717) is 22.2 Å². The Bertz CT molecular complexity index is 514. The molecule has 1 aromatic rings. The third-order valence-electron chi connectivity index (χ3n) is 2.25. The van der Waals surface area contributed by atoms with Crippen molar-refractivity contribution in [1.29, 1.82) is 0 Å². The van der Waals surface area contributed by atoms with Crippen LogP contribution in [0.2, 0.25) is 0 Å². The SMILES string of the molecule is COc1ccccc1NC(=O)C=C1NC(=O)CS1. The lowest BCUT2D eigenvalue weighted by Gasteiger charge is -2.08. The van der Waals surface area contributed by atoms with Crippen molar-refractivity contribution in [2.75, 3.05) is 18.2 Å². The second-order valence-corrected chi connectivity index (χ2v) is 4.55. The molecule has 94 valence electrons. The van der Waals surface area contributed by atoms with Crippen molar-refractivity contribution in [3.8, 4) is 5.75 Å². The molecule has 6 heteroatoms. The number of benzene rings is 1. The molecule has 0 unspecified atom stereocenters. The van der Waals surface area contributed by atoms with Crippen molar-refractivity contribution in [1.82, 2.24) is 5.32 Å². The summed E-state index contributed by atoms with van der Waals surface area (Å²) in [6.07, 6.45) is 1.36. The number of methoxy groups -OCH3 is 1. The van der Waals surface area contributed by atoms with Gasteiger partial charge in [-0.05, 0) is 12.1 Å². The molecule has 5 nitrogen and oxygen atoms in total. The van der Waals surface area contributed by atoms with Gasteiger partial charge in [0.2, 0.25) is 5.91 Å². The van der Waals surface area contributed by atoms with Crippen LogP contribution >= 0.6 is 11.8 Å². The number of hydrogen-bond donors (Lipinski definition) is 2. The zero-order valence-electron chi connectivity index (χ0n) is 9.73. The zero-order chi connectivity index (χ0) is 13.0. The summed E-state index contributed by atoms with van der Waals surface area (Å²) in [5.74, 6) is 0.557. The van der Waals surface area contributed by atoms with Gasteiger partial charge in [0, 0.05) is 6.08 Å². The van der Waals surface area contributed by atoms with Crippen molar-refractivity contribution in [2.24, 2.45) is 0 Å². The second-order valence-electron chi connectivity index (χ2n) is 3.53. The topological polar surface area (TPSA) is 67.4 Å². The molecule has 0 aromatic heterocycles. The fourth-order valence-electron chi connectivity index (χ4n) is 1.47. The minimum Gasteiger partial charge on any atom is -0.495 e. The molecule has 2 N–H and O–H groups in total. The number of carbonyl (C=O) groups is 2. The molecule has 1 heterocycles. The van der Waals surface area contributed by atoms with Crippen molar-refractivity contribution in [3.63, 3.8) is 0 Å². The molecule has 0 saturated carbocycles. The Balaban J connectivity index is 2.05. The van der Waals surface area contributed by atoms with Crippen LogP contribution in [0.15, 0.2) is 35.4 Å². The molecule has 0 radical (unpaired) electrons. The Kier molecular flexibility index (Phi) is 3.88. The Morgan fingerprint density at radius 3 is 2.94 bits per heavy atom.